The van der Waals surface area contributed by atoms with Gasteiger partial charge in [0.2, 0.25) is 0 Å². The number of carbonyl (C=O) groups is 1. The third-order valence-electron chi connectivity index (χ3n) is 3.58. The molecule has 1 aliphatic heterocycles. The number of aryl methyl sites for hydroxylation is 1. The van der Waals surface area contributed by atoms with Crippen molar-refractivity contribution in [2.45, 2.75) is 26.7 Å². The maximum atomic E-state index is 12.5. The first-order valence-electron chi connectivity index (χ1n) is 6.05. The van der Waals surface area contributed by atoms with Crippen LogP contribution in [0.5, 0.6) is 0 Å². The Kier molecular flexibility index (Phi) is 3.55. The van der Waals surface area contributed by atoms with Gasteiger partial charge in [-0.3, -0.25) is 4.79 Å². The molecule has 1 N–H and O–H groups in total. The van der Waals surface area contributed by atoms with E-state index in [-0.39, 0.29) is 11.2 Å². The maximum absolute atomic E-state index is 12.5. The van der Waals surface area contributed by atoms with Crippen LogP contribution in [0.3, 0.4) is 0 Å². The van der Waals surface area contributed by atoms with E-state index in [4.69, 9.17) is 11.6 Å². The van der Waals surface area contributed by atoms with E-state index in [1.807, 2.05) is 26.0 Å². The Hall–Kier alpha value is -0.860. The SMILES string of the molecule is Cc1ccc(C(=O)C2(C)CCCNC2)cc1Cl. The van der Waals surface area contributed by atoms with Gasteiger partial charge < -0.3 is 5.32 Å². The van der Waals surface area contributed by atoms with Gasteiger partial charge in [-0.2, -0.15) is 0 Å². The predicted molar refractivity (Wildman–Crippen MR) is 70.7 cm³/mol. The first kappa shape index (κ1) is 12.6. The number of carbonyl (C=O) groups excluding carboxylic acids is 1. The van der Waals surface area contributed by atoms with Crippen molar-refractivity contribution in [3.05, 3.63) is 34.3 Å². The zero-order valence-corrected chi connectivity index (χ0v) is 11.1. The van der Waals surface area contributed by atoms with Crippen LogP contribution >= 0.6 is 11.6 Å². The highest BCUT2D eigenvalue weighted by Crippen LogP contribution is 2.31. The number of ketones is 1. The normalized spacial score (nSPS) is 24.6. The number of halogens is 1. The highest BCUT2D eigenvalue weighted by molar-refractivity contribution is 6.31. The van der Waals surface area contributed by atoms with Gasteiger partial charge in [0, 0.05) is 22.5 Å². The van der Waals surface area contributed by atoms with E-state index >= 15 is 0 Å². The van der Waals surface area contributed by atoms with E-state index in [1.165, 1.54) is 0 Å². The second-order valence-corrected chi connectivity index (χ2v) is 5.54. The minimum absolute atomic E-state index is 0.201. The number of nitrogens with one attached hydrogen (secondary N) is 1. The van der Waals surface area contributed by atoms with Crippen LogP contribution in [0.25, 0.3) is 0 Å². The molecule has 1 heterocycles. The molecule has 3 heteroatoms. The number of rotatable bonds is 2. The van der Waals surface area contributed by atoms with Crippen molar-refractivity contribution in [3.8, 4) is 0 Å². The van der Waals surface area contributed by atoms with Crippen LogP contribution in [0.4, 0.5) is 0 Å². The van der Waals surface area contributed by atoms with E-state index in [9.17, 15) is 4.79 Å². The number of piperidine rings is 1. The molecule has 0 radical (unpaired) electrons. The molecule has 1 fully saturated rings. The molecule has 0 bridgehead atoms. The molecular weight excluding hydrogens is 234 g/mol. The van der Waals surface area contributed by atoms with Crippen LogP contribution in [-0.4, -0.2) is 18.9 Å². The lowest BCUT2D eigenvalue weighted by Gasteiger charge is -2.32. The molecule has 0 saturated carbocycles. The number of benzene rings is 1. The minimum atomic E-state index is -0.281. The van der Waals surface area contributed by atoms with Crippen molar-refractivity contribution in [2.24, 2.45) is 5.41 Å². The molecule has 1 unspecified atom stereocenters. The average Bonchev–Trinajstić information content (AvgIpc) is 2.33. The van der Waals surface area contributed by atoms with Gasteiger partial charge in [0.25, 0.3) is 0 Å². The monoisotopic (exact) mass is 251 g/mol. The van der Waals surface area contributed by atoms with Gasteiger partial charge in [-0.15, -0.1) is 0 Å². The van der Waals surface area contributed by atoms with Crippen molar-refractivity contribution in [2.75, 3.05) is 13.1 Å². The first-order chi connectivity index (χ1) is 8.03. The third-order valence-corrected chi connectivity index (χ3v) is 3.99. The summed E-state index contributed by atoms with van der Waals surface area (Å²) in [6.45, 7) is 5.75. The Labute approximate surface area is 107 Å². The average molecular weight is 252 g/mol. The second kappa shape index (κ2) is 4.79. The van der Waals surface area contributed by atoms with Crippen LogP contribution in [-0.2, 0) is 0 Å². The van der Waals surface area contributed by atoms with Gasteiger partial charge in [0.15, 0.2) is 5.78 Å². The summed E-state index contributed by atoms with van der Waals surface area (Å²) in [5, 5.41) is 3.97. The lowest BCUT2D eigenvalue weighted by molar-refractivity contribution is 0.0773. The van der Waals surface area contributed by atoms with E-state index in [0.717, 1.165) is 37.1 Å². The molecule has 0 aromatic heterocycles. The lowest BCUT2D eigenvalue weighted by atomic mass is 9.76. The van der Waals surface area contributed by atoms with E-state index < -0.39 is 0 Å². The molecule has 1 atom stereocenters. The van der Waals surface area contributed by atoms with Crippen LogP contribution in [0.15, 0.2) is 18.2 Å². The molecule has 1 aliphatic rings. The molecule has 0 aliphatic carbocycles. The fourth-order valence-electron chi connectivity index (χ4n) is 2.33. The summed E-state index contributed by atoms with van der Waals surface area (Å²) >= 11 is 6.07. The zero-order valence-electron chi connectivity index (χ0n) is 10.3. The first-order valence-corrected chi connectivity index (χ1v) is 6.42. The Balaban J connectivity index is 2.26. The van der Waals surface area contributed by atoms with Crippen LogP contribution in [0, 0.1) is 12.3 Å². The fourth-order valence-corrected chi connectivity index (χ4v) is 2.51. The standard InChI is InChI=1S/C14H18ClNO/c1-10-4-5-11(8-12(10)15)13(17)14(2)6-3-7-16-9-14/h4-5,8,16H,3,6-7,9H2,1-2H3. The van der Waals surface area contributed by atoms with Crippen LogP contribution < -0.4 is 5.32 Å². The highest BCUT2D eigenvalue weighted by atomic mass is 35.5. The minimum Gasteiger partial charge on any atom is -0.316 e. The summed E-state index contributed by atoms with van der Waals surface area (Å²) < 4.78 is 0. The molecular formula is C14H18ClNO. The Morgan fingerprint density at radius 1 is 1.47 bits per heavy atom. The topological polar surface area (TPSA) is 29.1 Å². The molecule has 1 saturated heterocycles. The predicted octanol–water partition coefficient (Wildman–Crippen LogP) is 3.22. The smallest absolute Gasteiger partial charge is 0.170 e. The molecule has 0 amide bonds. The summed E-state index contributed by atoms with van der Waals surface area (Å²) in [6.07, 6.45) is 2.01. The molecule has 0 spiro atoms. The molecule has 2 nitrogen and oxygen atoms in total. The molecule has 1 aromatic carbocycles. The van der Waals surface area contributed by atoms with Gasteiger partial charge in [0.05, 0.1) is 0 Å². The van der Waals surface area contributed by atoms with E-state index in [0.29, 0.717) is 5.02 Å². The molecule has 1 aromatic rings. The Morgan fingerprint density at radius 2 is 2.24 bits per heavy atom. The fraction of sp³-hybridized carbons (Fsp3) is 0.500. The van der Waals surface area contributed by atoms with Crippen LogP contribution in [0.2, 0.25) is 5.02 Å². The van der Waals surface area contributed by atoms with Crippen molar-refractivity contribution in [3.63, 3.8) is 0 Å². The molecule has 2 rings (SSSR count). The van der Waals surface area contributed by atoms with Crippen LogP contribution in [0.1, 0.15) is 35.7 Å². The summed E-state index contributed by atoms with van der Waals surface area (Å²) in [5.74, 6) is 0.201. The second-order valence-electron chi connectivity index (χ2n) is 5.13. The number of hydrogen-bond acceptors (Lipinski definition) is 2. The third kappa shape index (κ3) is 2.53. The zero-order chi connectivity index (χ0) is 12.5. The largest absolute Gasteiger partial charge is 0.316 e. The van der Waals surface area contributed by atoms with Gasteiger partial charge >= 0.3 is 0 Å². The Bertz CT molecular complexity index is 436. The van der Waals surface area contributed by atoms with Gasteiger partial charge in [-0.05, 0) is 37.9 Å². The van der Waals surface area contributed by atoms with Gasteiger partial charge in [0.1, 0.15) is 0 Å². The summed E-state index contributed by atoms with van der Waals surface area (Å²) in [6, 6.07) is 5.58. The summed E-state index contributed by atoms with van der Waals surface area (Å²) in [7, 11) is 0. The molecule has 17 heavy (non-hydrogen) atoms. The van der Waals surface area contributed by atoms with Crippen molar-refractivity contribution in [1.29, 1.82) is 0 Å². The van der Waals surface area contributed by atoms with E-state index in [2.05, 4.69) is 5.32 Å². The Morgan fingerprint density at radius 3 is 2.82 bits per heavy atom. The lowest BCUT2D eigenvalue weighted by Crippen LogP contribution is -2.43. The number of Topliss-reactive ketones (excluding diaryl/α,β-unsaturated/α-hetero) is 1. The molecule has 92 valence electrons. The number of hydrogen-bond donors (Lipinski definition) is 1. The quantitative estimate of drug-likeness (QED) is 0.818. The van der Waals surface area contributed by atoms with Gasteiger partial charge in [-0.25, -0.2) is 0 Å². The van der Waals surface area contributed by atoms with Crippen molar-refractivity contribution in [1.82, 2.24) is 5.32 Å². The van der Waals surface area contributed by atoms with E-state index in [1.54, 1.807) is 6.07 Å². The highest BCUT2D eigenvalue weighted by Gasteiger charge is 2.35. The maximum Gasteiger partial charge on any atom is 0.170 e. The van der Waals surface area contributed by atoms with Crippen molar-refractivity contribution >= 4 is 17.4 Å². The summed E-state index contributed by atoms with van der Waals surface area (Å²) in [4.78, 5) is 12.5. The van der Waals surface area contributed by atoms with Crippen molar-refractivity contribution < 1.29 is 4.79 Å². The summed E-state index contributed by atoms with van der Waals surface area (Å²) in [5.41, 5.74) is 1.46. The van der Waals surface area contributed by atoms with Gasteiger partial charge in [-0.1, -0.05) is 30.7 Å².